The molecule has 0 N–H and O–H groups in total. The molecule has 2 heterocycles. The third kappa shape index (κ3) is 3.13. The Morgan fingerprint density at radius 3 is 2.57 bits per heavy atom. The van der Waals surface area contributed by atoms with Gasteiger partial charge < -0.3 is 0 Å². The molecule has 0 unspecified atom stereocenters. The average molecular weight is 343 g/mol. The molecule has 4 nitrogen and oxygen atoms in total. The van der Waals surface area contributed by atoms with Crippen molar-refractivity contribution in [1.82, 2.24) is 19.7 Å². The van der Waals surface area contributed by atoms with Crippen LogP contribution in [0.3, 0.4) is 0 Å². The molecule has 0 aliphatic carbocycles. The van der Waals surface area contributed by atoms with Gasteiger partial charge in [0.05, 0.1) is 12.5 Å². The van der Waals surface area contributed by atoms with E-state index in [0.717, 1.165) is 40.7 Å². The van der Waals surface area contributed by atoms with Crippen LogP contribution in [0.2, 0.25) is 5.02 Å². The number of hydrogen-bond acceptors (Lipinski definition) is 4. The quantitative estimate of drug-likeness (QED) is 0.717. The largest absolute Gasteiger partial charge is 0.288 e. The van der Waals surface area contributed by atoms with Crippen LogP contribution < -0.4 is 0 Å². The average Bonchev–Trinajstić information content (AvgIpc) is 3.00. The van der Waals surface area contributed by atoms with Crippen LogP contribution >= 0.6 is 23.4 Å². The lowest BCUT2D eigenvalue weighted by Gasteiger charge is -2.27. The van der Waals surface area contributed by atoms with Gasteiger partial charge in [0.1, 0.15) is 0 Å². The monoisotopic (exact) mass is 342 g/mol. The zero-order valence-corrected chi connectivity index (χ0v) is 14.0. The standard InChI is InChI=1S/C17H15ClN4S/c18-15-8-6-14(7-9-15)16-19-20-17-22(16)11-21(12-23-17)10-13-4-2-1-3-5-13/h1-9H,10-12H2. The summed E-state index contributed by atoms with van der Waals surface area (Å²) in [6.45, 7) is 1.72. The smallest absolute Gasteiger partial charge is 0.193 e. The first-order valence-corrected chi connectivity index (χ1v) is 8.74. The summed E-state index contributed by atoms with van der Waals surface area (Å²) >= 11 is 7.70. The van der Waals surface area contributed by atoms with Crippen LogP contribution in [-0.2, 0) is 13.2 Å². The molecule has 2 aromatic carbocycles. The van der Waals surface area contributed by atoms with Gasteiger partial charge in [0, 0.05) is 17.1 Å². The summed E-state index contributed by atoms with van der Waals surface area (Å²) in [4.78, 5) is 2.38. The molecule has 0 atom stereocenters. The molecule has 23 heavy (non-hydrogen) atoms. The number of halogens is 1. The molecule has 6 heteroatoms. The van der Waals surface area contributed by atoms with Crippen molar-refractivity contribution in [3.63, 3.8) is 0 Å². The maximum Gasteiger partial charge on any atom is 0.193 e. The molecule has 0 saturated heterocycles. The number of nitrogens with zero attached hydrogens (tertiary/aromatic N) is 4. The maximum absolute atomic E-state index is 5.97. The fourth-order valence-corrected chi connectivity index (χ4v) is 3.66. The normalized spacial score (nSPS) is 14.7. The zero-order valence-electron chi connectivity index (χ0n) is 12.4. The van der Waals surface area contributed by atoms with E-state index >= 15 is 0 Å². The van der Waals surface area contributed by atoms with Gasteiger partial charge in [-0.15, -0.1) is 10.2 Å². The molecule has 0 amide bonds. The number of hydrogen-bond donors (Lipinski definition) is 0. The Kier molecular flexibility index (Phi) is 4.08. The molecule has 3 aromatic rings. The van der Waals surface area contributed by atoms with Crippen molar-refractivity contribution < 1.29 is 0 Å². The first kappa shape index (κ1) is 14.8. The highest BCUT2D eigenvalue weighted by molar-refractivity contribution is 7.99. The van der Waals surface area contributed by atoms with Gasteiger partial charge in [0.2, 0.25) is 0 Å². The van der Waals surface area contributed by atoms with Crippen LogP contribution in [0.15, 0.2) is 59.8 Å². The molecule has 0 radical (unpaired) electrons. The van der Waals surface area contributed by atoms with Crippen molar-refractivity contribution in [3.05, 3.63) is 65.2 Å². The Balaban J connectivity index is 1.59. The molecule has 1 aliphatic heterocycles. The van der Waals surface area contributed by atoms with E-state index in [0.29, 0.717) is 0 Å². The zero-order chi connectivity index (χ0) is 15.6. The fourth-order valence-electron chi connectivity index (χ4n) is 2.66. The minimum absolute atomic E-state index is 0.729. The van der Waals surface area contributed by atoms with Crippen molar-refractivity contribution in [1.29, 1.82) is 0 Å². The van der Waals surface area contributed by atoms with Gasteiger partial charge in [-0.05, 0) is 29.8 Å². The third-order valence-electron chi connectivity index (χ3n) is 3.79. The lowest BCUT2D eigenvalue weighted by atomic mass is 10.2. The summed E-state index contributed by atoms with van der Waals surface area (Å²) in [5, 5.41) is 10.4. The Labute approximate surface area is 144 Å². The Bertz CT molecular complexity index is 801. The topological polar surface area (TPSA) is 34.0 Å². The van der Waals surface area contributed by atoms with Crippen molar-refractivity contribution >= 4 is 23.4 Å². The molecule has 0 fully saturated rings. The molecule has 4 rings (SSSR count). The number of rotatable bonds is 3. The lowest BCUT2D eigenvalue weighted by molar-refractivity contribution is 0.231. The van der Waals surface area contributed by atoms with Crippen LogP contribution in [0.4, 0.5) is 0 Å². The van der Waals surface area contributed by atoms with E-state index in [1.165, 1.54) is 5.56 Å². The Hall–Kier alpha value is -1.82. The van der Waals surface area contributed by atoms with Gasteiger partial charge in [-0.2, -0.15) is 0 Å². The summed E-state index contributed by atoms with van der Waals surface area (Å²) in [5.74, 6) is 1.81. The Morgan fingerprint density at radius 1 is 1.00 bits per heavy atom. The van der Waals surface area contributed by atoms with Crippen LogP contribution in [0.1, 0.15) is 5.56 Å². The second kappa shape index (κ2) is 6.35. The van der Waals surface area contributed by atoms with Crippen molar-refractivity contribution in [2.75, 3.05) is 5.88 Å². The fraction of sp³-hybridized carbons (Fsp3) is 0.176. The molecule has 0 spiro atoms. The van der Waals surface area contributed by atoms with Crippen LogP contribution in [0.5, 0.6) is 0 Å². The second-order valence-corrected chi connectivity index (χ2v) is 6.82. The molecular weight excluding hydrogens is 328 g/mol. The summed E-state index contributed by atoms with van der Waals surface area (Å²) in [6, 6.07) is 18.3. The molecular formula is C17H15ClN4S. The van der Waals surface area contributed by atoms with Gasteiger partial charge >= 0.3 is 0 Å². The van der Waals surface area contributed by atoms with E-state index in [-0.39, 0.29) is 0 Å². The van der Waals surface area contributed by atoms with Crippen molar-refractivity contribution in [3.8, 4) is 11.4 Å². The highest BCUT2D eigenvalue weighted by atomic mass is 35.5. The van der Waals surface area contributed by atoms with Gasteiger partial charge in [-0.25, -0.2) is 0 Å². The lowest BCUT2D eigenvalue weighted by Crippen LogP contribution is -2.30. The number of thioether (sulfide) groups is 1. The summed E-state index contributed by atoms with van der Waals surface area (Å²) in [6.07, 6.45) is 0. The highest BCUT2D eigenvalue weighted by Gasteiger charge is 2.22. The summed E-state index contributed by atoms with van der Waals surface area (Å²) in [5.41, 5.74) is 2.35. The molecule has 1 aliphatic rings. The maximum atomic E-state index is 5.97. The summed E-state index contributed by atoms with van der Waals surface area (Å²) in [7, 11) is 0. The molecule has 116 valence electrons. The van der Waals surface area contributed by atoms with E-state index < -0.39 is 0 Å². The van der Waals surface area contributed by atoms with Crippen molar-refractivity contribution in [2.45, 2.75) is 18.4 Å². The van der Waals surface area contributed by atoms with E-state index in [1.54, 1.807) is 11.8 Å². The van der Waals surface area contributed by atoms with Crippen LogP contribution in [0, 0.1) is 0 Å². The third-order valence-corrected chi connectivity index (χ3v) is 5.09. The van der Waals surface area contributed by atoms with E-state index in [4.69, 9.17) is 11.6 Å². The molecule has 1 aromatic heterocycles. The second-order valence-electron chi connectivity index (χ2n) is 5.47. The van der Waals surface area contributed by atoms with E-state index in [2.05, 4.69) is 43.9 Å². The van der Waals surface area contributed by atoms with E-state index in [1.807, 2.05) is 30.3 Å². The number of fused-ring (bicyclic) bond motifs is 1. The van der Waals surface area contributed by atoms with Gasteiger partial charge in [0.25, 0.3) is 0 Å². The summed E-state index contributed by atoms with van der Waals surface area (Å²) < 4.78 is 2.17. The van der Waals surface area contributed by atoms with Gasteiger partial charge in [0.15, 0.2) is 11.0 Å². The minimum atomic E-state index is 0.729. The van der Waals surface area contributed by atoms with Crippen LogP contribution in [-0.4, -0.2) is 25.5 Å². The molecule has 0 bridgehead atoms. The van der Waals surface area contributed by atoms with Crippen molar-refractivity contribution in [2.24, 2.45) is 0 Å². The Morgan fingerprint density at radius 2 is 1.78 bits per heavy atom. The van der Waals surface area contributed by atoms with Crippen LogP contribution in [0.25, 0.3) is 11.4 Å². The minimum Gasteiger partial charge on any atom is -0.288 e. The highest BCUT2D eigenvalue weighted by Crippen LogP contribution is 2.30. The van der Waals surface area contributed by atoms with Gasteiger partial charge in [-0.3, -0.25) is 9.47 Å². The molecule has 0 saturated carbocycles. The van der Waals surface area contributed by atoms with Gasteiger partial charge in [-0.1, -0.05) is 53.7 Å². The predicted molar refractivity (Wildman–Crippen MR) is 93.2 cm³/mol. The SMILES string of the molecule is Clc1ccc(-c2nnc3n2CN(Cc2ccccc2)CS3)cc1. The first-order chi connectivity index (χ1) is 11.3. The number of benzene rings is 2. The van der Waals surface area contributed by atoms with E-state index in [9.17, 15) is 0 Å². The predicted octanol–water partition coefficient (Wildman–Crippen LogP) is 4.12. The first-order valence-electron chi connectivity index (χ1n) is 7.38. The number of aromatic nitrogens is 3.